The normalized spacial score (nSPS) is 17.0. The number of para-hydroxylation sites is 3. The van der Waals surface area contributed by atoms with E-state index < -0.39 is 24.7 Å². The van der Waals surface area contributed by atoms with E-state index in [0.717, 1.165) is 43.8 Å². The molecule has 0 unspecified atom stereocenters. The van der Waals surface area contributed by atoms with Crippen molar-refractivity contribution in [3.63, 3.8) is 0 Å². The van der Waals surface area contributed by atoms with Gasteiger partial charge in [0.1, 0.15) is 5.82 Å². The van der Waals surface area contributed by atoms with Crippen LogP contribution in [-0.2, 0) is 11.8 Å². The summed E-state index contributed by atoms with van der Waals surface area (Å²) in [4.78, 5) is 4.53. The van der Waals surface area contributed by atoms with Gasteiger partial charge in [0.25, 0.3) is 0 Å². The Hall–Kier alpha value is -6.25. The second kappa shape index (κ2) is 11.6. The molecule has 0 atom stereocenters. The van der Waals surface area contributed by atoms with E-state index in [9.17, 15) is 4.11 Å². The zero-order valence-electron chi connectivity index (χ0n) is 40.4. The zero-order chi connectivity index (χ0) is 45.4. The first-order valence-corrected chi connectivity index (χ1v) is 17.2. The van der Waals surface area contributed by atoms with Crippen LogP contribution >= 0.6 is 0 Å². The van der Waals surface area contributed by atoms with Crippen molar-refractivity contribution in [1.29, 1.82) is 0 Å². The fourth-order valence-electron chi connectivity index (χ4n) is 8.07. The van der Waals surface area contributed by atoms with Crippen molar-refractivity contribution in [1.82, 2.24) is 9.55 Å². The molecule has 2 nitrogen and oxygen atoms in total. The Balaban J connectivity index is 1.17. The topological polar surface area (TPSA) is 17.8 Å². The molecule has 2 heteroatoms. The average molecular weight is 679 g/mol. The fourth-order valence-corrected chi connectivity index (χ4v) is 8.07. The highest BCUT2D eigenvalue weighted by molar-refractivity contribution is 6.21. The molecule has 1 aromatic heterocycles. The van der Waals surface area contributed by atoms with E-state index in [4.69, 9.17) is 12.3 Å². The third-order valence-electron chi connectivity index (χ3n) is 10.5. The van der Waals surface area contributed by atoms with Crippen LogP contribution in [0.25, 0.3) is 82.8 Å². The second-order valence-corrected chi connectivity index (χ2v) is 13.7. The molecule has 10 rings (SSSR count). The number of nitrogens with zero attached hydrogens (tertiary/aromatic N) is 2. The molecule has 1 aliphatic carbocycles. The van der Waals surface area contributed by atoms with Gasteiger partial charge in [-0.15, -0.1) is 0 Å². The van der Waals surface area contributed by atoms with Crippen LogP contribution in [0.15, 0.2) is 164 Å². The average Bonchev–Trinajstić information content (AvgIpc) is 3.79. The van der Waals surface area contributed by atoms with Gasteiger partial charge in [0, 0.05) is 24.2 Å². The summed E-state index contributed by atoms with van der Waals surface area (Å²) >= 11 is 0. The molecular weight excluding hydrogens is 629 g/mol. The van der Waals surface area contributed by atoms with Gasteiger partial charge in [0.05, 0.1) is 26.3 Å². The zero-order valence-corrected chi connectivity index (χ0v) is 28.4. The Morgan fingerprint density at radius 3 is 1.92 bits per heavy atom. The first-order valence-electron chi connectivity index (χ1n) is 23.2. The van der Waals surface area contributed by atoms with Crippen molar-refractivity contribution in [2.75, 3.05) is 0 Å². The minimum absolute atomic E-state index is 0.000839. The van der Waals surface area contributed by atoms with Gasteiger partial charge < -0.3 is 0 Å². The number of hydrogen-bond donors (Lipinski definition) is 0. The molecule has 0 radical (unpaired) electrons. The smallest absolute Gasteiger partial charge is 0.114 e. The van der Waals surface area contributed by atoms with Gasteiger partial charge in [-0.3, -0.25) is 4.57 Å². The molecule has 1 aliphatic rings. The van der Waals surface area contributed by atoms with E-state index in [0.29, 0.717) is 33.4 Å². The summed E-state index contributed by atoms with van der Waals surface area (Å²) in [7, 11) is 0. The molecule has 0 aliphatic heterocycles. The van der Waals surface area contributed by atoms with Gasteiger partial charge in [0.15, 0.2) is 0 Å². The van der Waals surface area contributed by atoms with Gasteiger partial charge >= 0.3 is 0 Å². The first-order chi connectivity index (χ1) is 30.4. The summed E-state index contributed by atoms with van der Waals surface area (Å²) in [6.45, 7) is 0.645. The number of hydrogen-bond acceptors (Lipinski definition) is 1. The van der Waals surface area contributed by atoms with Crippen LogP contribution in [0.5, 0.6) is 0 Å². The van der Waals surface area contributed by atoms with Gasteiger partial charge in [-0.25, -0.2) is 4.98 Å². The van der Waals surface area contributed by atoms with Crippen LogP contribution in [0.1, 0.15) is 54.1 Å². The van der Waals surface area contributed by atoms with E-state index in [-0.39, 0.29) is 58.8 Å². The monoisotopic (exact) mass is 678 g/mol. The number of benzene rings is 8. The predicted molar refractivity (Wildman–Crippen MR) is 219 cm³/mol. The Bertz CT molecular complexity index is 3400. The second-order valence-electron chi connectivity index (χ2n) is 13.7. The third kappa shape index (κ3) is 4.47. The van der Waals surface area contributed by atoms with Crippen LogP contribution in [-0.4, -0.2) is 9.55 Å². The molecule has 52 heavy (non-hydrogen) atoms. The lowest BCUT2D eigenvalue weighted by Crippen LogP contribution is -2.14. The molecule has 8 aromatic carbocycles. The standard InChI is InChI=1S/C50H38N2/c1-4-47-51-44-22-12-14-24-46(44)52(47)45-23-13-10-15-35(45)32-25-27-33(28-26-32)48-38-17-5-7-19-40(38)49(41-20-8-6-18-39(41)48)34-29-30-37-36-16-9-11-21-42(36)50(2,3)43(37)31-34/h5-31H,4H2,1-3H3/i1D3,4D2,9D,11D,16D,21D,29D,30D,31D. The first kappa shape index (κ1) is 20.6. The SMILES string of the molecule is [2H]c1c([2H])c([2H])c2c(c1[2H])-c1c([2H])c([2H])c(-c3c4ccccc4c(-c4ccc(-c5ccccc5-n5c(C([2H])([2H])C([2H])([2H])[2H])nc6ccccc65)cc4)c4ccccc34)c([2H])c1C2(C)C. The third-order valence-corrected chi connectivity index (χ3v) is 10.5. The largest absolute Gasteiger partial charge is 0.296 e. The summed E-state index contributed by atoms with van der Waals surface area (Å²) in [6.07, 6.45) is -2.77. The molecule has 0 fully saturated rings. The van der Waals surface area contributed by atoms with E-state index in [1.165, 1.54) is 0 Å². The molecule has 0 spiro atoms. The van der Waals surface area contributed by atoms with Gasteiger partial charge in [0.2, 0.25) is 0 Å². The van der Waals surface area contributed by atoms with Crippen molar-refractivity contribution >= 4 is 32.6 Å². The van der Waals surface area contributed by atoms with Crippen molar-refractivity contribution in [2.24, 2.45) is 0 Å². The molecule has 0 bridgehead atoms. The number of aromatic nitrogens is 2. The van der Waals surface area contributed by atoms with Crippen LogP contribution in [0.4, 0.5) is 0 Å². The van der Waals surface area contributed by atoms with Gasteiger partial charge in [-0.05, 0) is 95.9 Å². The Labute approximate surface area is 321 Å². The Morgan fingerprint density at radius 1 is 0.596 bits per heavy atom. The van der Waals surface area contributed by atoms with Crippen LogP contribution in [0.3, 0.4) is 0 Å². The minimum Gasteiger partial charge on any atom is -0.296 e. The molecular formula is C50H38N2. The van der Waals surface area contributed by atoms with Crippen molar-refractivity contribution in [3.8, 4) is 50.2 Å². The molecule has 0 saturated heterocycles. The Kier molecular flexibility index (Phi) is 4.61. The highest BCUT2D eigenvalue weighted by Gasteiger charge is 2.35. The summed E-state index contributed by atoms with van der Waals surface area (Å²) in [5.41, 5.74) is 5.79. The molecule has 0 N–H and O–H groups in total. The highest BCUT2D eigenvalue weighted by Crippen LogP contribution is 2.51. The fraction of sp³-hybridized carbons (Fsp3) is 0.100. The maximum atomic E-state index is 9.87. The van der Waals surface area contributed by atoms with Crippen molar-refractivity contribution < 1.29 is 16.4 Å². The summed E-state index contributed by atoms with van der Waals surface area (Å²) in [5, 5.41) is 3.21. The van der Waals surface area contributed by atoms with Crippen molar-refractivity contribution in [3.05, 3.63) is 181 Å². The summed E-state index contributed by atoms with van der Waals surface area (Å²) in [6, 6.07) is 36.4. The summed E-state index contributed by atoms with van der Waals surface area (Å²) in [5.74, 6) is -0.220. The van der Waals surface area contributed by atoms with E-state index >= 15 is 0 Å². The van der Waals surface area contributed by atoms with Gasteiger partial charge in [-0.1, -0.05) is 160 Å². The lowest BCUT2D eigenvalue weighted by molar-refractivity contribution is 0.660. The molecule has 9 aromatic rings. The molecule has 248 valence electrons. The lowest BCUT2D eigenvalue weighted by Gasteiger charge is -2.23. The van der Waals surface area contributed by atoms with E-state index in [1.54, 1.807) is 22.8 Å². The number of rotatable bonds is 5. The van der Waals surface area contributed by atoms with E-state index in [1.807, 2.05) is 117 Å². The summed E-state index contributed by atoms with van der Waals surface area (Å²) < 4.78 is 107. The van der Waals surface area contributed by atoms with E-state index in [2.05, 4.69) is 4.98 Å². The number of imidazole rings is 1. The lowest BCUT2D eigenvalue weighted by atomic mass is 9.80. The van der Waals surface area contributed by atoms with Crippen LogP contribution < -0.4 is 0 Å². The maximum Gasteiger partial charge on any atom is 0.114 e. The molecule has 1 heterocycles. The highest BCUT2D eigenvalue weighted by atomic mass is 15.1. The number of fused-ring (bicyclic) bond motifs is 6. The Morgan fingerprint density at radius 2 is 1.19 bits per heavy atom. The molecule has 0 amide bonds. The van der Waals surface area contributed by atoms with Crippen LogP contribution in [0, 0.1) is 0 Å². The number of aryl methyl sites for hydroxylation is 1. The minimum atomic E-state index is -2.99. The van der Waals surface area contributed by atoms with Gasteiger partial charge in [-0.2, -0.15) is 0 Å². The van der Waals surface area contributed by atoms with Crippen LogP contribution in [0.2, 0.25) is 0 Å². The maximum absolute atomic E-state index is 9.87. The molecule has 0 saturated carbocycles. The quantitative estimate of drug-likeness (QED) is 0.166. The predicted octanol–water partition coefficient (Wildman–Crippen LogP) is 13.2. The van der Waals surface area contributed by atoms with Crippen molar-refractivity contribution in [2.45, 2.75) is 32.5 Å².